The van der Waals surface area contributed by atoms with Crippen molar-refractivity contribution in [1.29, 1.82) is 0 Å². The standard InChI is InChI=1S/C9H18N2O2/c1-11(2)6-9(13)10-5-7-3-8(12)4-7/h7-8,12H,3-6H2,1-2H3,(H,10,13). The van der Waals surface area contributed by atoms with E-state index < -0.39 is 0 Å². The monoisotopic (exact) mass is 186 g/mol. The summed E-state index contributed by atoms with van der Waals surface area (Å²) in [4.78, 5) is 13.0. The van der Waals surface area contributed by atoms with E-state index in [2.05, 4.69) is 5.32 Å². The molecule has 1 rings (SSSR count). The molecule has 0 aromatic heterocycles. The van der Waals surface area contributed by atoms with Crippen LogP contribution in [0.1, 0.15) is 12.8 Å². The van der Waals surface area contributed by atoms with Gasteiger partial charge in [0.25, 0.3) is 0 Å². The maximum Gasteiger partial charge on any atom is 0.234 e. The minimum atomic E-state index is -0.129. The van der Waals surface area contributed by atoms with Gasteiger partial charge in [-0.3, -0.25) is 4.79 Å². The zero-order valence-electron chi connectivity index (χ0n) is 8.29. The molecule has 0 atom stereocenters. The molecular weight excluding hydrogens is 168 g/mol. The molecule has 0 radical (unpaired) electrons. The van der Waals surface area contributed by atoms with Gasteiger partial charge in [0.2, 0.25) is 5.91 Å². The maximum absolute atomic E-state index is 11.2. The first-order valence-electron chi connectivity index (χ1n) is 4.67. The molecule has 0 aliphatic heterocycles. The fourth-order valence-electron chi connectivity index (χ4n) is 1.47. The molecule has 76 valence electrons. The van der Waals surface area contributed by atoms with Crippen molar-refractivity contribution in [2.45, 2.75) is 18.9 Å². The van der Waals surface area contributed by atoms with Crippen molar-refractivity contribution in [3.8, 4) is 0 Å². The van der Waals surface area contributed by atoms with Crippen molar-refractivity contribution in [2.75, 3.05) is 27.2 Å². The number of hydrogen-bond donors (Lipinski definition) is 2. The van der Waals surface area contributed by atoms with Gasteiger partial charge in [-0.05, 0) is 32.9 Å². The normalized spacial score (nSPS) is 27.1. The van der Waals surface area contributed by atoms with Crippen LogP contribution in [-0.4, -0.2) is 49.2 Å². The van der Waals surface area contributed by atoms with Crippen LogP contribution in [0.2, 0.25) is 0 Å². The Bertz CT molecular complexity index is 176. The van der Waals surface area contributed by atoms with Gasteiger partial charge in [-0.1, -0.05) is 0 Å². The van der Waals surface area contributed by atoms with Crippen molar-refractivity contribution >= 4 is 5.91 Å². The smallest absolute Gasteiger partial charge is 0.234 e. The summed E-state index contributed by atoms with van der Waals surface area (Å²) in [7, 11) is 3.74. The summed E-state index contributed by atoms with van der Waals surface area (Å²) in [6.07, 6.45) is 1.54. The van der Waals surface area contributed by atoms with Gasteiger partial charge < -0.3 is 15.3 Å². The van der Waals surface area contributed by atoms with Gasteiger partial charge in [0.1, 0.15) is 0 Å². The largest absolute Gasteiger partial charge is 0.393 e. The van der Waals surface area contributed by atoms with Gasteiger partial charge in [0.05, 0.1) is 12.6 Å². The van der Waals surface area contributed by atoms with Gasteiger partial charge in [-0.15, -0.1) is 0 Å². The number of nitrogens with zero attached hydrogens (tertiary/aromatic N) is 1. The summed E-state index contributed by atoms with van der Waals surface area (Å²) in [5.74, 6) is 0.549. The highest BCUT2D eigenvalue weighted by atomic mass is 16.3. The highest BCUT2D eigenvalue weighted by Gasteiger charge is 2.26. The van der Waals surface area contributed by atoms with Gasteiger partial charge in [0, 0.05) is 6.54 Å². The van der Waals surface area contributed by atoms with Crippen molar-refractivity contribution in [2.24, 2.45) is 5.92 Å². The second-order valence-electron chi connectivity index (χ2n) is 4.03. The molecule has 0 heterocycles. The van der Waals surface area contributed by atoms with Gasteiger partial charge in [-0.25, -0.2) is 0 Å². The Morgan fingerprint density at radius 2 is 2.15 bits per heavy atom. The number of likely N-dealkylation sites (N-methyl/N-ethyl adjacent to an activating group) is 1. The average molecular weight is 186 g/mol. The molecule has 0 saturated heterocycles. The number of nitrogens with one attached hydrogen (secondary N) is 1. The van der Waals surface area contributed by atoms with Crippen molar-refractivity contribution < 1.29 is 9.90 Å². The molecule has 13 heavy (non-hydrogen) atoms. The number of hydrogen-bond acceptors (Lipinski definition) is 3. The Balaban J connectivity index is 2.02. The molecule has 0 aromatic carbocycles. The number of aliphatic hydroxyl groups excluding tert-OH is 1. The lowest BCUT2D eigenvalue weighted by Gasteiger charge is -2.31. The maximum atomic E-state index is 11.2. The molecule has 4 heteroatoms. The van der Waals surface area contributed by atoms with Crippen LogP contribution in [0.5, 0.6) is 0 Å². The molecule has 1 saturated carbocycles. The molecule has 1 amide bonds. The zero-order chi connectivity index (χ0) is 9.84. The number of carbonyl (C=O) groups is 1. The highest BCUT2D eigenvalue weighted by Crippen LogP contribution is 2.25. The Labute approximate surface area is 78.9 Å². The first kappa shape index (κ1) is 10.5. The van der Waals surface area contributed by atoms with Gasteiger partial charge >= 0.3 is 0 Å². The molecule has 1 aliphatic carbocycles. The quantitative estimate of drug-likeness (QED) is 0.618. The van der Waals surface area contributed by atoms with Crippen molar-refractivity contribution in [1.82, 2.24) is 10.2 Å². The third kappa shape index (κ3) is 3.74. The molecule has 0 unspecified atom stereocenters. The van der Waals surface area contributed by atoms with E-state index in [0.29, 0.717) is 19.0 Å². The molecule has 0 spiro atoms. The summed E-state index contributed by atoms with van der Waals surface area (Å²) in [6.45, 7) is 1.15. The fourth-order valence-corrected chi connectivity index (χ4v) is 1.47. The summed E-state index contributed by atoms with van der Waals surface area (Å²) in [5, 5.41) is 11.9. The average Bonchev–Trinajstić information content (AvgIpc) is 1.94. The molecule has 0 bridgehead atoms. The van der Waals surface area contributed by atoms with E-state index in [1.807, 2.05) is 19.0 Å². The van der Waals surface area contributed by atoms with E-state index in [1.165, 1.54) is 0 Å². The molecule has 1 aliphatic rings. The van der Waals surface area contributed by atoms with Crippen molar-refractivity contribution in [3.05, 3.63) is 0 Å². The van der Waals surface area contributed by atoms with Crippen LogP contribution < -0.4 is 5.32 Å². The van der Waals surface area contributed by atoms with E-state index in [9.17, 15) is 4.79 Å². The van der Waals surface area contributed by atoms with E-state index in [1.54, 1.807) is 0 Å². The minimum absolute atomic E-state index is 0.0615. The van der Waals surface area contributed by atoms with Gasteiger partial charge in [0.15, 0.2) is 0 Å². The Morgan fingerprint density at radius 1 is 1.54 bits per heavy atom. The second kappa shape index (κ2) is 4.58. The molecule has 2 N–H and O–H groups in total. The predicted molar refractivity (Wildman–Crippen MR) is 50.3 cm³/mol. The number of amides is 1. The Morgan fingerprint density at radius 3 is 2.62 bits per heavy atom. The Hall–Kier alpha value is -0.610. The Kier molecular flexibility index (Phi) is 3.69. The van der Waals surface area contributed by atoms with Crippen LogP contribution in [0.15, 0.2) is 0 Å². The number of aliphatic hydroxyl groups is 1. The number of carbonyl (C=O) groups excluding carboxylic acids is 1. The number of rotatable bonds is 4. The van der Waals surface area contributed by atoms with E-state index in [0.717, 1.165) is 12.8 Å². The lowest BCUT2D eigenvalue weighted by atomic mass is 9.82. The summed E-state index contributed by atoms with van der Waals surface area (Å²) < 4.78 is 0. The first-order chi connectivity index (χ1) is 6.08. The van der Waals surface area contributed by atoms with Crippen LogP contribution in [-0.2, 0) is 4.79 Å². The zero-order valence-corrected chi connectivity index (χ0v) is 8.29. The van der Waals surface area contributed by atoms with Crippen LogP contribution in [0, 0.1) is 5.92 Å². The van der Waals surface area contributed by atoms with Crippen LogP contribution in [0.25, 0.3) is 0 Å². The lowest BCUT2D eigenvalue weighted by molar-refractivity contribution is -0.122. The van der Waals surface area contributed by atoms with Crippen molar-refractivity contribution in [3.63, 3.8) is 0 Å². The minimum Gasteiger partial charge on any atom is -0.393 e. The fraction of sp³-hybridized carbons (Fsp3) is 0.889. The van der Waals surface area contributed by atoms with E-state index in [-0.39, 0.29) is 12.0 Å². The first-order valence-corrected chi connectivity index (χ1v) is 4.67. The third-order valence-corrected chi connectivity index (χ3v) is 2.26. The lowest BCUT2D eigenvalue weighted by Crippen LogP contribution is -2.41. The van der Waals surface area contributed by atoms with E-state index >= 15 is 0 Å². The molecule has 4 nitrogen and oxygen atoms in total. The van der Waals surface area contributed by atoms with Crippen LogP contribution >= 0.6 is 0 Å². The predicted octanol–water partition coefficient (Wildman–Crippen LogP) is -0.565. The van der Waals surface area contributed by atoms with Crippen LogP contribution in [0.3, 0.4) is 0 Å². The third-order valence-electron chi connectivity index (χ3n) is 2.26. The topological polar surface area (TPSA) is 52.6 Å². The van der Waals surface area contributed by atoms with Crippen LogP contribution in [0.4, 0.5) is 0 Å². The molecular formula is C9H18N2O2. The molecule has 0 aromatic rings. The summed E-state index contributed by atoms with van der Waals surface area (Å²) >= 11 is 0. The molecule has 1 fully saturated rings. The summed E-state index contributed by atoms with van der Waals surface area (Å²) in [6, 6.07) is 0. The van der Waals surface area contributed by atoms with Gasteiger partial charge in [-0.2, -0.15) is 0 Å². The SMILES string of the molecule is CN(C)CC(=O)NCC1CC(O)C1. The van der Waals surface area contributed by atoms with E-state index in [4.69, 9.17) is 5.11 Å². The highest BCUT2D eigenvalue weighted by molar-refractivity contribution is 5.77. The second-order valence-corrected chi connectivity index (χ2v) is 4.03. The summed E-state index contributed by atoms with van der Waals surface area (Å²) in [5.41, 5.74) is 0.